The Labute approximate surface area is 159 Å². The second-order valence-electron chi connectivity index (χ2n) is 6.94. The minimum atomic E-state index is 0.0166. The molecule has 1 unspecified atom stereocenters. The highest BCUT2D eigenvalue weighted by Gasteiger charge is 2.23. The lowest BCUT2D eigenvalue weighted by molar-refractivity contribution is -0.124. The Morgan fingerprint density at radius 1 is 1.31 bits per heavy atom. The summed E-state index contributed by atoms with van der Waals surface area (Å²) < 4.78 is 0. The molecule has 1 atom stereocenters. The van der Waals surface area contributed by atoms with Crippen molar-refractivity contribution in [1.82, 2.24) is 15.3 Å². The first-order valence-electron chi connectivity index (χ1n) is 9.16. The smallest absolute Gasteiger partial charge is 0.222 e. The molecule has 1 aliphatic heterocycles. The molecule has 2 aromatic rings. The highest BCUT2D eigenvalue weighted by molar-refractivity contribution is 7.98. The first kappa shape index (κ1) is 18.7. The van der Waals surface area contributed by atoms with Crippen molar-refractivity contribution in [2.45, 2.75) is 43.5 Å². The summed E-state index contributed by atoms with van der Waals surface area (Å²) in [5.41, 5.74) is 1.28. The molecule has 5 nitrogen and oxygen atoms in total. The molecular weight excluding hydrogens is 344 g/mol. The minimum Gasteiger partial charge on any atom is -0.353 e. The highest BCUT2D eigenvalue weighted by Crippen LogP contribution is 2.24. The maximum absolute atomic E-state index is 12.0. The minimum absolute atomic E-state index is 0.0166. The van der Waals surface area contributed by atoms with Gasteiger partial charge in [-0.3, -0.25) is 9.78 Å². The number of hydrogen-bond donors (Lipinski definition) is 1. The van der Waals surface area contributed by atoms with Crippen LogP contribution in [0, 0.1) is 5.92 Å². The number of hydrogen-bond acceptors (Lipinski definition) is 5. The second-order valence-corrected chi connectivity index (χ2v) is 7.93. The molecule has 1 aromatic heterocycles. The normalized spacial score (nSPS) is 17.3. The molecule has 1 amide bonds. The summed E-state index contributed by atoms with van der Waals surface area (Å²) in [6.07, 6.45) is 5.70. The number of piperidine rings is 1. The van der Waals surface area contributed by atoms with Crippen LogP contribution in [0.4, 0.5) is 5.82 Å². The summed E-state index contributed by atoms with van der Waals surface area (Å²) in [6.45, 7) is 5.60. The van der Waals surface area contributed by atoms with Crippen LogP contribution in [0.3, 0.4) is 0 Å². The van der Waals surface area contributed by atoms with Gasteiger partial charge >= 0.3 is 0 Å². The fourth-order valence-corrected chi connectivity index (χ4v) is 3.76. The Balaban J connectivity index is 1.60. The molecule has 0 spiro atoms. The summed E-state index contributed by atoms with van der Waals surface area (Å²) in [6, 6.07) is 10.6. The average Bonchev–Trinajstić information content (AvgIpc) is 2.67. The van der Waals surface area contributed by atoms with Gasteiger partial charge in [0.15, 0.2) is 0 Å². The number of nitrogens with zero attached hydrogens (tertiary/aromatic N) is 3. The summed E-state index contributed by atoms with van der Waals surface area (Å²) in [7, 11) is 0. The molecule has 2 heterocycles. The van der Waals surface area contributed by atoms with Crippen molar-refractivity contribution in [2.24, 2.45) is 5.92 Å². The molecule has 0 bridgehead atoms. The van der Waals surface area contributed by atoms with E-state index in [2.05, 4.69) is 39.5 Å². The third-order valence-electron chi connectivity index (χ3n) is 4.45. The summed E-state index contributed by atoms with van der Waals surface area (Å²) in [4.78, 5) is 23.3. The van der Waals surface area contributed by atoms with Gasteiger partial charge in [-0.15, -0.1) is 11.8 Å². The van der Waals surface area contributed by atoms with Gasteiger partial charge in [0.05, 0.1) is 12.4 Å². The number of rotatable bonds is 6. The van der Waals surface area contributed by atoms with E-state index < -0.39 is 0 Å². The van der Waals surface area contributed by atoms with Crippen molar-refractivity contribution in [2.75, 3.05) is 18.0 Å². The Kier molecular flexibility index (Phi) is 6.50. The predicted molar refractivity (Wildman–Crippen MR) is 106 cm³/mol. The van der Waals surface area contributed by atoms with Gasteiger partial charge in [-0.2, -0.15) is 0 Å². The van der Waals surface area contributed by atoms with Crippen LogP contribution in [-0.2, 0) is 10.5 Å². The molecule has 138 valence electrons. The maximum atomic E-state index is 12.0. The third-order valence-corrected chi connectivity index (χ3v) is 5.42. The van der Waals surface area contributed by atoms with Gasteiger partial charge < -0.3 is 10.2 Å². The largest absolute Gasteiger partial charge is 0.353 e. The molecule has 0 aliphatic carbocycles. The zero-order valence-electron chi connectivity index (χ0n) is 15.4. The van der Waals surface area contributed by atoms with Gasteiger partial charge in [0.1, 0.15) is 10.8 Å². The first-order valence-corrected chi connectivity index (χ1v) is 10.1. The van der Waals surface area contributed by atoms with Crippen LogP contribution in [0.1, 0.15) is 32.3 Å². The van der Waals surface area contributed by atoms with Gasteiger partial charge in [-0.1, -0.05) is 44.2 Å². The van der Waals surface area contributed by atoms with Crippen molar-refractivity contribution in [3.63, 3.8) is 0 Å². The monoisotopic (exact) mass is 370 g/mol. The summed E-state index contributed by atoms with van der Waals surface area (Å²) in [5, 5.41) is 4.08. The molecule has 1 N–H and O–H groups in total. The molecular formula is C20H26N4OS. The van der Waals surface area contributed by atoms with E-state index in [1.54, 1.807) is 11.8 Å². The second kappa shape index (κ2) is 9.03. The SMILES string of the molecule is CC(C)C(=O)NC1CCCN(c2cncc(SCc3ccccc3)n2)C1. The lowest BCUT2D eigenvalue weighted by Crippen LogP contribution is -2.49. The molecule has 0 radical (unpaired) electrons. The Bertz CT molecular complexity index is 723. The number of thioether (sulfide) groups is 1. The van der Waals surface area contributed by atoms with Crippen molar-refractivity contribution < 1.29 is 4.79 Å². The Hall–Kier alpha value is -2.08. The van der Waals surface area contributed by atoms with Gasteiger partial charge in [0, 0.05) is 30.8 Å². The molecule has 0 saturated carbocycles. The molecule has 1 aliphatic rings. The van der Waals surface area contributed by atoms with E-state index in [0.29, 0.717) is 0 Å². The van der Waals surface area contributed by atoms with E-state index in [-0.39, 0.29) is 17.9 Å². The quantitative estimate of drug-likeness (QED) is 0.789. The standard InChI is InChI=1S/C20H26N4OS/c1-15(2)20(25)22-17-9-6-10-24(13-17)18-11-21-12-19(23-18)26-14-16-7-4-3-5-8-16/h3-5,7-8,11-12,15,17H,6,9-10,13-14H2,1-2H3,(H,22,25). The van der Waals surface area contributed by atoms with E-state index >= 15 is 0 Å². The average molecular weight is 371 g/mol. The third kappa shape index (κ3) is 5.21. The number of anilines is 1. The highest BCUT2D eigenvalue weighted by atomic mass is 32.2. The number of amides is 1. The lowest BCUT2D eigenvalue weighted by atomic mass is 10.0. The van der Waals surface area contributed by atoms with Crippen LogP contribution in [0.25, 0.3) is 0 Å². The molecule has 26 heavy (non-hydrogen) atoms. The predicted octanol–water partition coefficient (Wildman–Crippen LogP) is 3.51. The Morgan fingerprint density at radius 3 is 2.88 bits per heavy atom. The first-order chi connectivity index (χ1) is 12.6. The number of carbonyl (C=O) groups excluding carboxylic acids is 1. The maximum Gasteiger partial charge on any atom is 0.222 e. The van der Waals surface area contributed by atoms with Crippen molar-refractivity contribution in [1.29, 1.82) is 0 Å². The van der Waals surface area contributed by atoms with Crippen molar-refractivity contribution in [3.8, 4) is 0 Å². The number of benzene rings is 1. The van der Waals surface area contributed by atoms with E-state index in [4.69, 9.17) is 4.98 Å². The van der Waals surface area contributed by atoms with Crippen LogP contribution in [0.15, 0.2) is 47.8 Å². The van der Waals surface area contributed by atoms with Crippen molar-refractivity contribution >= 4 is 23.5 Å². The van der Waals surface area contributed by atoms with E-state index in [1.165, 1.54) is 5.56 Å². The molecule has 6 heteroatoms. The molecule has 1 aromatic carbocycles. The van der Waals surface area contributed by atoms with Crippen molar-refractivity contribution in [3.05, 3.63) is 48.3 Å². The Morgan fingerprint density at radius 2 is 2.12 bits per heavy atom. The summed E-state index contributed by atoms with van der Waals surface area (Å²) >= 11 is 1.70. The van der Waals surface area contributed by atoms with Crippen LogP contribution >= 0.6 is 11.8 Å². The molecule has 1 saturated heterocycles. The summed E-state index contributed by atoms with van der Waals surface area (Å²) in [5.74, 6) is 1.91. The fraction of sp³-hybridized carbons (Fsp3) is 0.450. The number of nitrogens with one attached hydrogen (secondary N) is 1. The van der Waals surface area contributed by atoms with Crippen LogP contribution in [0.2, 0.25) is 0 Å². The zero-order valence-corrected chi connectivity index (χ0v) is 16.2. The molecule has 1 fully saturated rings. The van der Waals surface area contributed by atoms with Crippen LogP contribution in [-0.4, -0.2) is 35.0 Å². The molecule has 3 rings (SSSR count). The van der Waals surface area contributed by atoms with Crippen LogP contribution in [0.5, 0.6) is 0 Å². The van der Waals surface area contributed by atoms with Crippen LogP contribution < -0.4 is 10.2 Å². The zero-order chi connectivity index (χ0) is 18.4. The number of aromatic nitrogens is 2. The van der Waals surface area contributed by atoms with Gasteiger partial charge in [0.2, 0.25) is 5.91 Å². The fourth-order valence-electron chi connectivity index (χ4n) is 2.96. The topological polar surface area (TPSA) is 58.1 Å². The van der Waals surface area contributed by atoms with E-state index in [0.717, 1.165) is 42.5 Å². The van der Waals surface area contributed by atoms with Gasteiger partial charge in [0.25, 0.3) is 0 Å². The van der Waals surface area contributed by atoms with E-state index in [1.807, 2.05) is 32.3 Å². The van der Waals surface area contributed by atoms with Gasteiger partial charge in [-0.25, -0.2) is 4.98 Å². The lowest BCUT2D eigenvalue weighted by Gasteiger charge is -2.34. The van der Waals surface area contributed by atoms with E-state index in [9.17, 15) is 4.79 Å². The van der Waals surface area contributed by atoms with Gasteiger partial charge in [-0.05, 0) is 18.4 Å². The number of carbonyl (C=O) groups is 1.